The lowest BCUT2D eigenvalue weighted by atomic mass is 10.2. The molecule has 0 fully saturated rings. The van der Waals surface area contributed by atoms with E-state index < -0.39 is 0 Å². The van der Waals surface area contributed by atoms with E-state index in [1.54, 1.807) is 4.90 Å². The van der Waals surface area contributed by atoms with Gasteiger partial charge in [-0.25, -0.2) is 4.98 Å². The van der Waals surface area contributed by atoms with Gasteiger partial charge in [-0.05, 0) is 17.7 Å². The van der Waals surface area contributed by atoms with Crippen molar-refractivity contribution in [3.8, 4) is 0 Å². The molecule has 0 aliphatic heterocycles. The van der Waals surface area contributed by atoms with Crippen molar-refractivity contribution in [2.24, 2.45) is 0 Å². The van der Waals surface area contributed by atoms with Crippen LogP contribution in [0.15, 0.2) is 54.6 Å². The van der Waals surface area contributed by atoms with Gasteiger partial charge in [0, 0.05) is 33.5 Å². The van der Waals surface area contributed by atoms with Gasteiger partial charge in [0.1, 0.15) is 12.4 Å². The van der Waals surface area contributed by atoms with Crippen molar-refractivity contribution in [2.75, 3.05) is 13.6 Å². The molecule has 0 unspecified atom stereocenters. The molecule has 140 valence electrons. The molecule has 0 saturated heterocycles. The second kappa shape index (κ2) is 8.49. The lowest BCUT2D eigenvalue weighted by Gasteiger charge is -2.19. The highest BCUT2D eigenvalue weighted by Crippen LogP contribution is 2.17. The molecule has 6 heteroatoms. The SMILES string of the molecule is CC(=O)NCCc1nc2ccccc2n1CC(=O)N(C)Cc1ccccc1. The zero-order chi connectivity index (χ0) is 19.2. The number of carbonyl (C=O) groups excluding carboxylic acids is 2. The predicted octanol–water partition coefficient (Wildman–Crippen LogP) is 2.37. The van der Waals surface area contributed by atoms with Crippen molar-refractivity contribution >= 4 is 22.8 Å². The van der Waals surface area contributed by atoms with Crippen LogP contribution >= 0.6 is 0 Å². The zero-order valence-corrected chi connectivity index (χ0v) is 15.7. The summed E-state index contributed by atoms with van der Waals surface area (Å²) in [7, 11) is 1.81. The number of nitrogens with zero attached hydrogens (tertiary/aromatic N) is 3. The summed E-state index contributed by atoms with van der Waals surface area (Å²) in [6.45, 7) is 2.77. The third-order valence-electron chi connectivity index (χ3n) is 4.44. The Hall–Kier alpha value is -3.15. The monoisotopic (exact) mass is 364 g/mol. The smallest absolute Gasteiger partial charge is 0.242 e. The van der Waals surface area contributed by atoms with Gasteiger partial charge in [0.2, 0.25) is 11.8 Å². The van der Waals surface area contributed by atoms with Crippen molar-refractivity contribution in [3.63, 3.8) is 0 Å². The van der Waals surface area contributed by atoms with E-state index in [-0.39, 0.29) is 18.4 Å². The van der Waals surface area contributed by atoms with Gasteiger partial charge in [-0.3, -0.25) is 9.59 Å². The number of amides is 2. The molecule has 0 spiro atoms. The fourth-order valence-corrected chi connectivity index (χ4v) is 3.04. The first-order valence-electron chi connectivity index (χ1n) is 9.01. The van der Waals surface area contributed by atoms with Crippen molar-refractivity contribution in [1.29, 1.82) is 0 Å². The Bertz CT molecular complexity index is 934. The Kier molecular flexibility index (Phi) is 5.86. The summed E-state index contributed by atoms with van der Waals surface area (Å²) in [5, 5.41) is 2.79. The number of carbonyl (C=O) groups is 2. The van der Waals surface area contributed by atoms with Crippen LogP contribution in [-0.2, 0) is 29.1 Å². The average Bonchev–Trinajstić information content (AvgIpc) is 3.00. The molecular formula is C21H24N4O2. The molecule has 3 rings (SSSR count). The van der Waals surface area contributed by atoms with Crippen LogP contribution in [0.2, 0.25) is 0 Å². The van der Waals surface area contributed by atoms with Gasteiger partial charge in [0.05, 0.1) is 11.0 Å². The fraction of sp³-hybridized carbons (Fsp3) is 0.286. The summed E-state index contributed by atoms with van der Waals surface area (Å²) in [6, 6.07) is 17.7. The molecule has 0 aliphatic rings. The molecule has 6 nitrogen and oxygen atoms in total. The van der Waals surface area contributed by atoms with Gasteiger partial charge < -0.3 is 14.8 Å². The van der Waals surface area contributed by atoms with E-state index in [1.807, 2.05) is 66.2 Å². The predicted molar refractivity (Wildman–Crippen MR) is 105 cm³/mol. The van der Waals surface area contributed by atoms with Gasteiger partial charge in [0.25, 0.3) is 0 Å². The minimum atomic E-state index is -0.0728. The molecule has 0 bridgehead atoms. The largest absolute Gasteiger partial charge is 0.356 e. The number of aromatic nitrogens is 2. The van der Waals surface area contributed by atoms with E-state index in [9.17, 15) is 9.59 Å². The Labute approximate surface area is 158 Å². The van der Waals surface area contributed by atoms with Crippen LogP contribution in [0.25, 0.3) is 11.0 Å². The molecule has 3 aromatic rings. The third-order valence-corrected chi connectivity index (χ3v) is 4.44. The Morgan fingerprint density at radius 2 is 1.78 bits per heavy atom. The van der Waals surface area contributed by atoms with Gasteiger partial charge in [-0.1, -0.05) is 42.5 Å². The minimum Gasteiger partial charge on any atom is -0.356 e. The van der Waals surface area contributed by atoms with E-state index in [1.165, 1.54) is 6.92 Å². The molecule has 0 radical (unpaired) electrons. The van der Waals surface area contributed by atoms with Crippen LogP contribution in [0.4, 0.5) is 0 Å². The normalized spacial score (nSPS) is 10.7. The van der Waals surface area contributed by atoms with Gasteiger partial charge >= 0.3 is 0 Å². The molecule has 0 aliphatic carbocycles. The second-order valence-corrected chi connectivity index (χ2v) is 6.57. The first-order chi connectivity index (χ1) is 13.0. The summed E-state index contributed by atoms with van der Waals surface area (Å²) < 4.78 is 1.95. The van der Waals surface area contributed by atoms with E-state index in [0.29, 0.717) is 19.5 Å². The van der Waals surface area contributed by atoms with Gasteiger partial charge in [-0.15, -0.1) is 0 Å². The standard InChI is InChI=1S/C21H24N4O2/c1-16(26)22-13-12-20-23-18-10-6-7-11-19(18)25(20)15-21(27)24(2)14-17-8-4-3-5-9-17/h3-11H,12-15H2,1-2H3,(H,22,26). The van der Waals surface area contributed by atoms with E-state index in [2.05, 4.69) is 10.3 Å². The first-order valence-corrected chi connectivity index (χ1v) is 9.01. The summed E-state index contributed by atoms with van der Waals surface area (Å²) in [5.41, 5.74) is 2.88. The number of imidazole rings is 1. The summed E-state index contributed by atoms with van der Waals surface area (Å²) in [5.74, 6) is 0.741. The Morgan fingerprint density at radius 1 is 1.07 bits per heavy atom. The van der Waals surface area contributed by atoms with Crippen LogP contribution < -0.4 is 5.32 Å². The highest BCUT2D eigenvalue weighted by Gasteiger charge is 2.16. The van der Waals surface area contributed by atoms with Crippen LogP contribution in [-0.4, -0.2) is 39.9 Å². The van der Waals surface area contributed by atoms with E-state index in [4.69, 9.17) is 0 Å². The molecular weight excluding hydrogens is 340 g/mol. The van der Waals surface area contributed by atoms with Crippen LogP contribution in [0.3, 0.4) is 0 Å². The average molecular weight is 364 g/mol. The maximum atomic E-state index is 12.8. The molecule has 2 amide bonds. The summed E-state index contributed by atoms with van der Waals surface area (Å²) in [6.07, 6.45) is 0.573. The van der Waals surface area contributed by atoms with Crippen LogP contribution in [0, 0.1) is 0 Å². The van der Waals surface area contributed by atoms with Gasteiger partial charge in [0.15, 0.2) is 0 Å². The molecule has 1 heterocycles. The van der Waals surface area contributed by atoms with Crippen molar-refractivity contribution in [3.05, 3.63) is 66.0 Å². The quantitative estimate of drug-likeness (QED) is 0.700. The van der Waals surface area contributed by atoms with Crippen molar-refractivity contribution < 1.29 is 9.59 Å². The van der Waals surface area contributed by atoms with Crippen molar-refractivity contribution in [1.82, 2.24) is 19.8 Å². The molecule has 0 atom stereocenters. The van der Waals surface area contributed by atoms with Crippen LogP contribution in [0.5, 0.6) is 0 Å². The number of likely N-dealkylation sites (N-methyl/N-ethyl adjacent to an activating group) is 1. The Balaban J connectivity index is 1.77. The number of hydrogen-bond donors (Lipinski definition) is 1. The minimum absolute atomic E-state index is 0.0165. The Morgan fingerprint density at radius 3 is 2.52 bits per heavy atom. The van der Waals surface area contributed by atoms with Gasteiger partial charge in [-0.2, -0.15) is 0 Å². The molecule has 1 N–H and O–H groups in total. The van der Waals surface area contributed by atoms with E-state index >= 15 is 0 Å². The maximum Gasteiger partial charge on any atom is 0.242 e. The first kappa shape index (κ1) is 18.6. The number of fused-ring (bicyclic) bond motifs is 1. The molecule has 2 aromatic carbocycles. The summed E-state index contributed by atoms with van der Waals surface area (Å²) in [4.78, 5) is 30.3. The number of nitrogens with one attached hydrogen (secondary N) is 1. The molecule has 0 saturated carbocycles. The number of hydrogen-bond acceptors (Lipinski definition) is 3. The lowest BCUT2D eigenvalue weighted by molar-refractivity contribution is -0.131. The fourth-order valence-electron chi connectivity index (χ4n) is 3.04. The second-order valence-electron chi connectivity index (χ2n) is 6.57. The zero-order valence-electron chi connectivity index (χ0n) is 15.7. The third kappa shape index (κ3) is 4.73. The van der Waals surface area contributed by atoms with Crippen molar-refractivity contribution in [2.45, 2.75) is 26.4 Å². The topological polar surface area (TPSA) is 67.2 Å². The molecule has 1 aromatic heterocycles. The lowest BCUT2D eigenvalue weighted by Crippen LogP contribution is -2.31. The number of rotatable bonds is 7. The van der Waals surface area contributed by atoms with Crippen LogP contribution in [0.1, 0.15) is 18.3 Å². The maximum absolute atomic E-state index is 12.8. The highest BCUT2D eigenvalue weighted by molar-refractivity contribution is 5.81. The molecule has 27 heavy (non-hydrogen) atoms. The number of para-hydroxylation sites is 2. The van der Waals surface area contributed by atoms with E-state index in [0.717, 1.165) is 22.4 Å². The number of benzene rings is 2. The summed E-state index contributed by atoms with van der Waals surface area (Å²) >= 11 is 0. The highest BCUT2D eigenvalue weighted by atomic mass is 16.2.